The Bertz CT molecular complexity index is 1190. The van der Waals surface area contributed by atoms with E-state index in [2.05, 4.69) is 19.2 Å². The van der Waals surface area contributed by atoms with Crippen LogP contribution in [0.4, 0.5) is 5.13 Å². The van der Waals surface area contributed by atoms with Crippen molar-refractivity contribution in [1.82, 2.24) is 9.88 Å². The first kappa shape index (κ1) is 26.0. The van der Waals surface area contributed by atoms with E-state index in [0.29, 0.717) is 35.3 Å². The van der Waals surface area contributed by atoms with Crippen LogP contribution >= 0.6 is 11.3 Å². The van der Waals surface area contributed by atoms with E-state index in [1.165, 1.54) is 16.2 Å². The van der Waals surface area contributed by atoms with E-state index in [1.807, 2.05) is 25.7 Å². The molecule has 1 aromatic carbocycles. The molecule has 0 spiro atoms. The number of ether oxygens (including phenoxy) is 2. The molecule has 8 nitrogen and oxygen atoms in total. The highest BCUT2D eigenvalue weighted by molar-refractivity contribution is 7.15. The lowest BCUT2D eigenvalue weighted by molar-refractivity contribution is -0.144. The van der Waals surface area contributed by atoms with Crippen molar-refractivity contribution in [2.24, 2.45) is 23.2 Å². The minimum absolute atomic E-state index is 0.00483. The van der Waals surface area contributed by atoms with Crippen molar-refractivity contribution < 1.29 is 24.2 Å². The van der Waals surface area contributed by atoms with Crippen molar-refractivity contribution in [3.8, 4) is 11.5 Å². The summed E-state index contributed by atoms with van der Waals surface area (Å²) in [7, 11) is 0. The Hall–Kier alpha value is -2.65. The molecule has 5 rings (SSSR count). The summed E-state index contributed by atoms with van der Waals surface area (Å²) in [6.45, 7) is 11.9. The van der Waals surface area contributed by atoms with Crippen molar-refractivity contribution in [2.45, 2.75) is 65.9 Å². The van der Waals surface area contributed by atoms with E-state index in [0.717, 1.165) is 25.0 Å². The number of aliphatic hydroxyl groups excluding tert-OH is 1. The maximum absolute atomic E-state index is 13.1. The summed E-state index contributed by atoms with van der Waals surface area (Å²) in [4.78, 5) is 33.9. The van der Waals surface area contributed by atoms with Gasteiger partial charge >= 0.3 is 0 Å². The zero-order valence-corrected chi connectivity index (χ0v) is 23.1. The highest BCUT2D eigenvalue weighted by Gasteiger charge is 2.54. The van der Waals surface area contributed by atoms with Gasteiger partial charge in [-0.15, -0.1) is 11.3 Å². The quantitative estimate of drug-likeness (QED) is 0.566. The Kier molecular flexibility index (Phi) is 6.96. The number of nitrogens with zero attached hydrogens (tertiary/aromatic N) is 2. The van der Waals surface area contributed by atoms with Crippen LogP contribution in [0.2, 0.25) is 0 Å². The third-order valence-electron chi connectivity index (χ3n) is 8.88. The molecule has 3 aliphatic rings. The van der Waals surface area contributed by atoms with Gasteiger partial charge in [0.25, 0.3) is 5.91 Å². The number of carbonyl (C=O) groups excluding carboxylic acids is 2. The lowest BCUT2D eigenvalue weighted by atomic mass is 9.53. The maximum atomic E-state index is 13.1. The molecule has 0 bridgehead atoms. The number of fused-ring (bicyclic) bond motifs is 3. The molecule has 9 heteroatoms. The first-order valence-electron chi connectivity index (χ1n) is 13.3. The van der Waals surface area contributed by atoms with E-state index >= 15 is 0 Å². The monoisotopic (exact) mass is 527 g/mol. The Morgan fingerprint density at radius 1 is 1.27 bits per heavy atom. The molecule has 0 saturated heterocycles. The molecule has 1 saturated carbocycles. The van der Waals surface area contributed by atoms with E-state index in [-0.39, 0.29) is 47.7 Å². The van der Waals surface area contributed by atoms with Crippen LogP contribution in [0.3, 0.4) is 0 Å². The number of aliphatic hydroxyl groups is 1. The fourth-order valence-corrected chi connectivity index (χ4v) is 8.07. The summed E-state index contributed by atoms with van der Waals surface area (Å²) in [6.07, 6.45) is 2.02. The lowest BCUT2D eigenvalue weighted by Crippen LogP contribution is -2.53. The van der Waals surface area contributed by atoms with E-state index < -0.39 is 6.10 Å². The van der Waals surface area contributed by atoms with Gasteiger partial charge in [0.2, 0.25) is 12.7 Å². The zero-order chi connectivity index (χ0) is 26.5. The van der Waals surface area contributed by atoms with Gasteiger partial charge in [-0.05, 0) is 68.6 Å². The highest BCUT2D eigenvalue weighted by atomic mass is 32.1. The van der Waals surface area contributed by atoms with Gasteiger partial charge in [0.1, 0.15) is 0 Å². The molecule has 1 aliphatic heterocycles. The van der Waals surface area contributed by atoms with Crippen molar-refractivity contribution in [2.75, 3.05) is 25.2 Å². The smallest absolute Gasteiger partial charge is 0.257 e. The van der Waals surface area contributed by atoms with Crippen molar-refractivity contribution >= 4 is 28.3 Å². The first-order valence-corrected chi connectivity index (χ1v) is 14.2. The molecule has 2 heterocycles. The molecule has 1 fully saturated rings. The molecule has 0 radical (unpaired) electrons. The Balaban J connectivity index is 1.34. The van der Waals surface area contributed by atoms with Gasteiger partial charge in [0, 0.05) is 35.4 Å². The van der Waals surface area contributed by atoms with Gasteiger partial charge in [-0.2, -0.15) is 0 Å². The average Bonchev–Trinajstić information content (AvgIpc) is 3.50. The minimum Gasteiger partial charge on any atom is -0.454 e. The summed E-state index contributed by atoms with van der Waals surface area (Å²) < 4.78 is 10.7. The van der Waals surface area contributed by atoms with Crippen LogP contribution in [-0.2, 0) is 11.2 Å². The van der Waals surface area contributed by atoms with Gasteiger partial charge in [0.05, 0.1) is 11.8 Å². The molecule has 2 N–H and O–H groups in total. The predicted molar refractivity (Wildman–Crippen MR) is 142 cm³/mol. The number of thiazole rings is 1. The molecule has 1 aromatic heterocycles. The van der Waals surface area contributed by atoms with Crippen molar-refractivity contribution in [1.29, 1.82) is 0 Å². The molecule has 6 atom stereocenters. The van der Waals surface area contributed by atoms with Crippen LogP contribution in [0.25, 0.3) is 0 Å². The van der Waals surface area contributed by atoms with Crippen LogP contribution in [0, 0.1) is 23.2 Å². The van der Waals surface area contributed by atoms with E-state index in [9.17, 15) is 14.7 Å². The largest absolute Gasteiger partial charge is 0.454 e. The second kappa shape index (κ2) is 9.91. The maximum Gasteiger partial charge on any atom is 0.257 e. The van der Waals surface area contributed by atoms with E-state index in [4.69, 9.17) is 14.5 Å². The summed E-state index contributed by atoms with van der Waals surface area (Å²) in [5.74, 6) is 0.817. The number of hydrogen-bond donors (Lipinski definition) is 2. The second-order valence-electron chi connectivity index (χ2n) is 11.0. The molecule has 2 aromatic rings. The molecular formula is C28H37N3O5S. The molecule has 2 amide bonds. The number of carbonyl (C=O) groups is 2. The average molecular weight is 528 g/mol. The predicted octanol–water partition coefficient (Wildman–Crippen LogP) is 4.68. The SMILES string of the molecule is CCN(CC)C(=O)[C@@H](C)[C@@H]1CC[C@@]2(C)Cc3sc(NC(=O)c4ccc5c(c4)OCO5)nc3[C@@H](C)[C@@H]2[C@H]1O. The van der Waals surface area contributed by atoms with Crippen LogP contribution in [0.1, 0.15) is 74.3 Å². The summed E-state index contributed by atoms with van der Waals surface area (Å²) in [6, 6.07) is 5.13. The van der Waals surface area contributed by atoms with Gasteiger partial charge < -0.3 is 19.5 Å². The van der Waals surface area contributed by atoms with Crippen LogP contribution in [0.15, 0.2) is 18.2 Å². The number of aromatic nitrogens is 1. The molecular weight excluding hydrogens is 490 g/mol. The molecule has 2 aliphatic carbocycles. The highest BCUT2D eigenvalue weighted by Crippen LogP contribution is 2.57. The van der Waals surface area contributed by atoms with Crippen molar-refractivity contribution in [3.63, 3.8) is 0 Å². The van der Waals surface area contributed by atoms with Crippen LogP contribution in [-0.4, -0.2) is 52.8 Å². The second-order valence-corrected chi connectivity index (χ2v) is 12.1. The standard InChI is InChI=1S/C28H37N3O5S/c1-6-31(7-2)26(34)15(3)18-10-11-28(5)13-21-23(16(4)22(28)24(18)32)29-27(37-21)30-25(33)17-8-9-19-20(12-17)36-14-35-19/h8-9,12,15-16,18,22,24,32H,6-7,10-11,13-14H2,1-5H3,(H,29,30,33)/t15-,16-,18-,22+,24-,28-/m0/s1. The molecule has 200 valence electrons. The number of hydrogen-bond acceptors (Lipinski definition) is 7. The van der Waals surface area contributed by atoms with Crippen LogP contribution < -0.4 is 14.8 Å². The number of benzene rings is 1. The van der Waals surface area contributed by atoms with Crippen molar-refractivity contribution in [3.05, 3.63) is 34.3 Å². The summed E-state index contributed by atoms with van der Waals surface area (Å²) in [5.41, 5.74) is 1.36. The Labute approximate surface area is 222 Å². The molecule has 37 heavy (non-hydrogen) atoms. The first-order chi connectivity index (χ1) is 17.7. The molecule has 0 unspecified atom stereocenters. The van der Waals surface area contributed by atoms with Gasteiger partial charge in [0.15, 0.2) is 16.6 Å². The number of nitrogens with one attached hydrogen (secondary N) is 1. The minimum atomic E-state index is -0.579. The van der Waals surface area contributed by atoms with E-state index in [1.54, 1.807) is 18.2 Å². The normalized spacial score (nSPS) is 28.7. The third-order valence-corrected chi connectivity index (χ3v) is 9.87. The van der Waals surface area contributed by atoms with Gasteiger partial charge in [-0.1, -0.05) is 20.8 Å². The third kappa shape index (κ3) is 4.50. The Morgan fingerprint density at radius 3 is 2.73 bits per heavy atom. The Morgan fingerprint density at radius 2 is 2.00 bits per heavy atom. The zero-order valence-electron chi connectivity index (χ0n) is 22.2. The van der Waals surface area contributed by atoms with Gasteiger partial charge in [-0.25, -0.2) is 4.98 Å². The summed E-state index contributed by atoms with van der Waals surface area (Å²) >= 11 is 1.52. The number of anilines is 1. The van der Waals surface area contributed by atoms with Gasteiger partial charge in [-0.3, -0.25) is 14.9 Å². The fraction of sp³-hybridized carbons (Fsp3) is 0.607. The topological polar surface area (TPSA) is 101 Å². The fourth-order valence-electron chi connectivity index (χ4n) is 6.81. The summed E-state index contributed by atoms with van der Waals surface area (Å²) in [5, 5.41) is 15.2. The lowest BCUT2D eigenvalue weighted by Gasteiger charge is -2.53. The number of amides is 2. The number of rotatable bonds is 6. The van der Waals surface area contributed by atoms with Crippen LogP contribution in [0.5, 0.6) is 11.5 Å².